The van der Waals surface area contributed by atoms with E-state index >= 15 is 0 Å². The van der Waals surface area contributed by atoms with Crippen molar-refractivity contribution in [3.8, 4) is 0 Å². The molecule has 3 N–H and O–H groups in total. The van der Waals surface area contributed by atoms with Gasteiger partial charge in [0.25, 0.3) is 0 Å². The van der Waals surface area contributed by atoms with Gasteiger partial charge in [0.15, 0.2) is 5.54 Å². The maximum Gasteiger partial charge on any atom is 0.323 e. The third-order valence-electron chi connectivity index (χ3n) is 4.98. The number of nitrogens with two attached hydrogens (primary N) is 1. The van der Waals surface area contributed by atoms with Crippen molar-refractivity contribution >= 4 is 69.3 Å². The van der Waals surface area contributed by atoms with Crippen molar-refractivity contribution in [2.45, 2.75) is 12.0 Å². The molecule has 1 fully saturated rings. The van der Waals surface area contributed by atoms with Gasteiger partial charge in [0.05, 0.1) is 24.0 Å². The van der Waals surface area contributed by atoms with E-state index in [0.717, 1.165) is 11.7 Å². The zero-order valence-corrected chi connectivity index (χ0v) is 18.5. The Morgan fingerprint density at radius 1 is 1.26 bits per heavy atom. The number of aromatic nitrogens is 2. The number of urea groups is 1. The molecule has 0 aliphatic carbocycles. The van der Waals surface area contributed by atoms with Crippen molar-refractivity contribution in [3.63, 3.8) is 0 Å². The van der Waals surface area contributed by atoms with Crippen LogP contribution >= 0.6 is 34.9 Å². The molecule has 3 amide bonds. The molecule has 1 unspecified atom stereocenters. The lowest BCUT2D eigenvalue weighted by Gasteiger charge is -2.35. The van der Waals surface area contributed by atoms with E-state index in [9.17, 15) is 9.59 Å². The molecule has 0 radical (unpaired) electrons. The summed E-state index contributed by atoms with van der Waals surface area (Å²) >= 11 is 13.1. The molecule has 3 aromatic rings. The number of hydrogen-bond donors (Lipinski definition) is 2. The van der Waals surface area contributed by atoms with Gasteiger partial charge in [-0.2, -0.15) is 8.75 Å². The number of primary amides is 1. The predicted molar refractivity (Wildman–Crippen MR) is 120 cm³/mol. The molecule has 0 spiro atoms. The standard InChI is InChI=1S/C19H16Cl2N6O3S/c1-30-24-13-8-19(17(22)28,14-3-2-4-15-16(14)26-31-25-15)27(9-13)18(29)23-12-6-10(20)5-11(21)7-12/h2-7H,8-9H2,1H3,(H2,22,28)(H,23,29). The first-order valence-corrected chi connectivity index (χ1v) is 10.5. The van der Waals surface area contributed by atoms with E-state index in [1.165, 1.54) is 12.0 Å². The van der Waals surface area contributed by atoms with Crippen molar-refractivity contribution in [3.05, 3.63) is 52.0 Å². The predicted octanol–water partition coefficient (Wildman–Crippen LogP) is 3.62. The van der Waals surface area contributed by atoms with Crippen LogP contribution in [0.15, 0.2) is 41.6 Å². The first-order valence-electron chi connectivity index (χ1n) is 9.00. The van der Waals surface area contributed by atoms with Gasteiger partial charge < -0.3 is 15.9 Å². The number of amides is 3. The van der Waals surface area contributed by atoms with E-state index in [-0.39, 0.29) is 13.0 Å². The summed E-state index contributed by atoms with van der Waals surface area (Å²) in [6.07, 6.45) is 0.0521. The molecule has 12 heteroatoms. The number of anilines is 1. The molecule has 2 heterocycles. The molecular weight excluding hydrogens is 463 g/mol. The average Bonchev–Trinajstić information content (AvgIpc) is 3.32. The van der Waals surface area contributed by atoms with Crippen molar-refractivity contribution in [1.82, 2.24) is 13.6 Å². The fourth-order valence-electron chi connectivity index (χ4n) is 3.75. The van der Waals surface area contributed by atoms with Crippen LogP contribution in [0.3, 0.4) is 0 Å². The summed E-state index contributed by atoms with van der Waals surface area (Å²) in [5, 5.41) is 7.41. The minimum Gasteiger partial charge on any atom is -0.399 e. The Morgan fingerprint density at radius 2 is 2.00 bits per heavy atom. The number of hydrogen-bond acceptors (Lipinski definition) is 7. The van der Waals surface area contributed by atoms with Gasteiger partial charge in [-0.15, -0.1) is 0 Å². The zero-order chi connectivity index (χ0) is 22.2. The highest BCUT2D eigenvalue weighted by Gasteiger charge is 2.54. The number of likely N-dealkylation sites (tertiary alicyclic amines) is 1. The number of carbonyl (C=O) groups is 2. The summed E-state index contributed by atoms with van der Waals surface area (Å²) in [4.78, 5) is 32.5. The number of rotatable bonds is 4. The van der Waals surface area contributed by atoms with Crippen LogP contribution < -0.4 is 11.1 Å². The highest BCUT2D eigenvalue weighted by Crippen LogP contribution is 2.41. The van der Waals surface area contributed by atoms with Crippen LogP contribution in [0.25, 0.3) is 11.0 Å². The van der Waals surface area contributed by atoms with Crippen LogP contribution in [0.2, 0.25) is 10.0 Å². The van der Waals surface area contributed by atoms with Crippen LogP contribution in [-0.4, -0.2) is 45.0 Å². The van der Waals surface area contributed by atoms with Crippen molar-refractivity contribution in [2.24, 2.45) is 10.9 Å². The number of oxime groups is 1. The summed E-state index contributed by atoms with van der Waals surface area (Å²) in [7, 11) is 1.39. The normalized spacial score (nSPS) is 19.7. The zero-order valence-electron chi connectivity index (χ0n) is 16.1. The van der Waals surface area contributed by atoms with Gasteiger partial charge in [0.2, 0.25) is 5.91 Å². The van der Waals surface area contributed by atoms with Crippen molar-refractivity contribution in [2.75, 3.05) is 19.0 Å². The van der Waals surface area contributed by atoms with Crippen LogP contribution in [0.5, 0.6) is 0 Å². The fraction of sp³-hybridized carbons (Fsp3) is 0.211. The third-order valence-corrected chi connectivity index (χ3v) is 5.96. The second-order valence-corrected chi connectivity index (χ2v) is 8.25. The molecule has 31 heavy (non-hydrogen) atoms. The van der Waals surface area contributed by atoms with E-state index in [2.05, 4.69) is 19.2 Å². The molecule has 1 aliphatic heterocycles. The monoisotopic (exact) mass is 478 g/mol. The number of nitrogens with one attached hydrogen (secondary N) is 1. The molecule has 1 atom stereocenters. The van der Waals surface area contributed by atoms with E-state index in [4.69, 9.17) is 33.8 Å². The molecule has 1 saturated heterocycles. The smallest absolute Gasteiger partial charge is 0.323 e. The maximum absolute atomic E-state index is 13.3. The Kier molecular flexibility index (Phi) is 5.69. The molecule has 0 saturated carbocycles. The van der Waals surface area contributed by atoms with E-state index in [0.29, 0.717) is 38.0 Å². The molecule has 1 aromatic heterocycles. The van der Waals surface area contributed by atoms with Gasteiger partial charge in [-0.25, -0.2) is 4.79 Å². The summed E-state index contributed by atoms with van der Waals surface area (Å²) in [6, 6.07) is 9.27. The Morgan fingerprint density at radius 3 is 2.68 bits per heavy atom. The first-order chi connectivity index (χ1) is 14.8. The SMILES string of the molecule is CON=C1CN(C(=O)Nc2cc(Cl)cc(Cl)c2)C(C(N)=O)(c2cccc3nsnc23)C1. The highest BCUT2D eigenvalue weighted by atomic mass is 35.5. The summed E-state index contributed by atoms with van der Waals surface area (Å²) in [6.45, 7) is 0.0187. The van der Waals surface area contributed by atoms with Crippen LogP contribution in [-0.2, 0) is 15.2 Å². The molecule has 1 aliphatic rings. The van der Waals surface area contributed by atoms with E-state index in [1.807, 2.05) is 0 Å². The van der Waals surface area contributed by atoms with Gasteiger partial charge in [-0.1, -0.05) is 40.5 Å². The largest absolute Gasteiger partial charge is 0.399 e. The number of carbonyl (C=O) groups excluding carboxylic acids is 2. The Labute approximate surface area is 191 Å². The van der Waals surface area contributed by atoms with Crippen LogP contribution in [0.1, 0.15) is 12.0 Å². The number of nitrogens with zero attached hydrogens (tertiary/aromatic N) is 4. The third kappa shape index (κ3) is 3.78. The van der Waals surface area contributed by atoms with Crippen LogP contribution in [0.4, 0.5) is 10.5 Å². The van der Waals surface area contributed by atoms with Gasteiger partial charge in [-0.3, -0.25) is 9.69 Å². The Balaban J connectivity index is 1.83. The van der Waals surface area contributed by atoms with Gasteiger partial charge >= 0.3 is 6.03 Å². The summed E-state index contributed by atoms with van der Waals surface area (Å²) in [5.74, 6) is -0.728. The molecule has 4 rings (SSSR count). The van der Waals surface area contributed by atoms with Crippen molar-refractivity contribution in [1.29, 1.82) is 0 Å². The molecule has 0 bridgehead atoms. The minimum absolute atomic E-state index is 0.0187. The Bertz CT molecular complexity index is 1200. The second kappa shape index (κ2) is 8.29. The minimum atomic E-state index is -1.54. The second-order valence-electron chi connectivity index (χ2n) is 6.85. The van der Waals surface area contributed by atoms with E-state index < -0.39 is 17.5 Å². The number of benzene rings is 2. The van der Waals surface area contributed by atoms with Gasteiger partial charge in [0, 0.05) is 27.7 Å². The number of fused-ring (bicyclic) bond motifs is 1. The summed E-state index contributed by atoms with van der Waals surface area (Å²) in [5.41, 5.74) is 6.76. The molecule has 9 nitrogen and oxygen atoms in total. The quantitative estimate of drug-likeness (QED) is 0.554. The summed E-state index contributed by atoms with van der Waals surface area (Å²) < 4.78 is 8.55. The van der Waals surface area contributed by atoms with Gasteiger partial charge in [-0.05, 0) is 24.3 Å². The molecule has 160 valence electrons. The highest BCUT2D eigenvalue weighted by molar-refractivity contribution is 7.00. The average molecular weight is 479 g/mol. The Hall–Kier alpha value is -2.95. The topological polar surface area (TPSA) is 123 Å². The first kappa shape index (κ1) is 21.3. The van der Waals surface area contributed by atoms with E-state index in [1.54, 1.807) is 36.4 Å². The van der Waals surface area contributed by atoms with Crippen LogP contribution in [0, 0.1) is 0 Å². The molecular formula is C19H16Cl2N6O3S. The maximum atomic E-state index is 13.3. The lowest BCUT2D eigenvalue weighted by molar-refractivity contribution is -0.127. The molecule has 2 aromatic carbocycles. The van der Waals surface area contributed by atoms with Gasteiger partial charge in [0.1, 0.15) is 18.1 Å². The van der Waals surface area contributed by atoms with Crippen molar-refractivity contribution < 1.29 is 14.4 Å². The number of halogens is 2. The lowest BCUT2D eigenvalue weighted by Crippen LogP contribution is -2.54. The lowest BCUT2D eigenvalue weighted by atomic mass is 9.85. The fourth-order valence-corrected chi connectivity index (χ4v) is 4.83.